The van der Waals surface area contributed by atoms with E-state index in [4.69, 9.17) is 0 Å². The third-order valence-electron chi connectivity index (χ3n) is 2.85. The Bertz CT molecular complexity index is 498. The van der Waals surface area contributed by atoms with E-state index in [-0.39, 0.29) is 12.1 Å². The molecule has 0 unspecified atom stereocenters. The van der Waals surface area contributed by atoms with Crippen LogP contribution < -0.4 is 10.6 Å². The zero-order valence-electron chi connectivity index (χ0n) is 11.0. The van der Waals surface area contributed by atoms with Gasteiger partial charge in [0.1, 0.15) is 5.57 Å². The molecule has 0 spiro atoms. The summed E-state index contributed by atoms with van der Waals surface area (Å²) in [6.07, 6.45) is -5.47. The number of alkyl halides is 3. The van der Waals surface area contributed by atoms with Crippen LogP contribution in [0.3, 0.4) is 0 Å². The van der Waals surface area contributed by atoms with Crippen LogP contribution in [0.15, 0.2) is 11.3 Å². The molecule has 1 heterocycles. The van der Waals surface area contributed by atoms with Crippen molar-refractivity contribution in [3.8, 4) is 0 Å². The van der Waals surface area contributed by atoms with Gasteiger partial charge in [0.05, 0.1) is 7.11 Å². The van der Waals surface area contributed by atoms with Crippen LogP contribution >= 0.6 is 0 Å². The first-order valence-corrected chi connectivity index (χ1v) is 5.60. The largest absolute Gasteiger partial charge is 0.466 e. The van der Waals surface area contributed by atoms with E-state index in [9.17, 15) is 27.6 Å². The van der Waals surface area contributed by atoms with E-state index in [1.807, 2.05) is 5.32 Å². The molecule has 2 amide bonds. The number of methoxy groups -OCH3 is 1. The van der Waals surface area contributed by atoms with E-state index >= 15 is 0 Å². The van der Waals surface area contributed by atoms with Gasteiger partial charge in [-0.3, -0.25) is 9.59 Å². The maximum absolute atomic E-state index is 13.4. The van der Waals surface area contributed by atoms with E-state index in [0.29, 0.717) is 0 Å². The van der Waals surface area contributed by atoms with Gasteiger partial charge < -0.3 is 15.4 Å². The Morgan fingerprint density at radius 3 is 2.35 bits per heavy atom. The predicted molar refractivity (Wildman–Crippen MR) is 60.1 cm³/mol. The first-order valence-electron chi connectivity index (χ1n) is 5.60. The lowest BCUT2D eigenvalue weighted by atomic mass is 9.89. The Morgan fingerprint density at radius 2 is 1.95 bits per heavy atom. The van der Waals surface area contributed by atoms with E-state index < -0.39 is 35.1 Å². The highest BCUT2D eigenvalue weighted by atomic mass is 19.4. The second-order valence-electron chi connectivity index (χ2n) is 4.10. The summed E-state index contributed by atoms with van der Waals surface area (Å²) in [5.74, 6) is -3.90. The molecule has 0 aromatic heterocycles. The van der Waals surface area contributed by atoms with E-state index in [2.05, 4.69) is 4.74 Å². The van der Waals surface area contributed by atoms with Gasteiger partial charge in [0.25, 0.3) is 5.91 Å². The molecule has 0 fully saturated rings. The van der Waals surface area contributed by atoms with Crippen LogP contribution in [0.4, 0.5) is 13.2 Å². The van der Waals surface area contributed by atoms with Crippen molar-refractivity contribution in [2.75, 3.05) is 7.11 Å². The summed E-state index contributed by atoms with van der Waals surface area (Å²) in [7, 11) is 0.883. The zero-order valence-corrected chi connectivity index (χ0v) is 11.0. The molecule has 112 valence electrons. The van der Waals surface area contributed by atoms with Gasteiger partial charge in [0.2, 0.25) is 11.4 Å². The fourth-order valence-electron chi connectivity index (χ4n) is 1.89. The summed E-state index contributed by atoms with van der Waals surface area (Å²) < 4.78 is 44.4. The molecule has 0 saturated carbocycles. The molecule has 1 rings (SSSR count). The topological polar surface area (TPSA) is 84.5 Å². The molecule has 0 aliphatic carbocycles. The first kappa shape index (κ1) is 16.0. The Morgan fingerprint density at radius 1 is 1.40 bits per heavy atom. The van der Waals surface area contributed by atoms with Crippen molar-refractivity contribution in [3.05, 3.63) is 11.3 Å². The molecule has 0 saturated heterocycles. The smallest absolute Gasteiger partial charge is 0.425 e. The van der Waals surface area contributed by atoms with Crippen molar-refractivity contribution in [2.45, 2.75) is 32.0 Å². The van der Waals surface area contributed by atoms with Gasteiger partial charge in [-0.1, -0.05) is 6.92 Å². The second kappa shape index (κ2) is 5.14. The van der Waals surface area contributed by atoms with Crippen LogP contribution in [0.5, 0.6) is 0 Å². The predicted octanol–water partition coefficient (Wildman–Crippen LogP) is 0.390. The molecule has 20 heavy (non-hydrogen) atoms. The minimum absolute atomic E-state index is 0.279. The fourth-order valence-corrected chi connectivity index (χ4v) is 1.89. The van der Waals surface area contributed by atoms with Crippen molar-refractivity contribution in [3.63, 3.8) is 0 Å². The molecular formula is C11H13F3N2O4. The average Bonchev–Trinajstić information content (AvgIpc) is 2.60. The molecule has 0 bridgehead atoms. The van der Waals surface area contributed by atoms with Gasteiger partial charge in [-0.2, -0.15) is 13.2 Å². The summed E-state index contributed by atoms with van der Waals surface area (Å²) in [5.41, 5.74) is -4.69. The molecule has 2 N–H and O–H groups in total. The minimum Gasteiger partial charge on any atom is -0.466 e. The second-order valence-corrected chi connectivity index (χ2v) is 4.10. The summed E-state index contributed by atoms with van der Waals surface area (Å²) >= 11 is 0. The lowest BCUT2D eigenvalue weighted by Crippen LogP contribution is -2.65. The van der Waals surface area contributed by atoms with Gasteiger partial charge >= 0.3 is 12.1 Å². The number of hydrogen-bond acceptors (Lipinski definition) is 4. The number of rotatable bonds is 3. The molecule has 6 nitrogen and oxygen atoms in total. The third kappa shape index (κ3) is 2.23. The highest BCUT2D eigenvalue weighted by Crippen LogP contribution is 2.41. The van der Waals surface area contributed by atoms with Crippen LogP contribution in [0.2, 0.25) is 0 Å². The van der Waals surface area contributed by atoms with E-state index in [1.54, 1.807) is 5.32 Å². The van der Waals surface area contributed by atoms with Crippen molar-refractivity contribution in [2.24, 2.45) is 0 Å². The van der Waals surface area contributed by atoms with Gasteiger partial charge in [-0.05, 0) is 6.92 Å². The van der Waals surface area contributed by atoms with Gasteiger partial charge in [0.15, 0.2) is 0 Å². The maximum Gasteiger partial charge on any atom is 0.425 e. The molecule has 9 heteroatoms. The zero-order chi connectivity index (χ0) is 15.7. The maximum atomic E-state index is 13.4. The summed E-state index contributed by atoms with van der Waals surface area (Å²) in [6, 6.07) is 0. The quantitative estimate of drug-likeness (QED) is 0.738. The van der Waals surface area contributed by atoms with Crippen LogP contribution in [0.25, 0.3) is 0 Å². The van der Waals surface area contributed by atoms with Crippen molar-refractivity contribution >= 4 is 17.8 Å². The standard InChI is InChI=1S/C11H13F3N2O4/c1-4-6(17)16-10(11(12,13)14)7(8(18)20-3)5(2)15-9(10)19/h4H2,1-3H3,(H,15,19)(H,16,17)/t10-/m0/s1. The first-order chi connectivity index (χ1) is 9.11. The third-order valence-corrected chi connectivity index (χ3v) is 2.85. The Labute approximate surface area is 112 Å². The van der Waals surface area contributed by atoms with Gasteiger partial charge in [0, 0.05) is 12.1 Å². The number of hydrogen-bond donors (Lipinski definition) is 2. The molecule has 1 atom stereocenters. The van der Waals surface area contributed by atoms with Crippen LogP contribution in [0.1, 0.15) is 20.3 Å². The highest BCUT2D eigenvalue weighted by molar-refractivity contribution is 6.10. The van der Waals surface area contributed by atoms with Gasteiger partial charge in [-0.15, -0.1) is 0 Å². The number of carbonyl (C=O) groups is 3. The minimum atomic E-state index is -5.19. The lowest BCUT2D eigenvalue weighted by molar-refractivity contribution is -0.192. The summed E-state index contributed by atoms with van der Waals surface area (Å²) in [6.45, 7) is 2.44. The average molecular weight is 294 g/mol. The molecule has 0 aromatic carbocycles. The molecule has 0 aromatic rings. The summed E-state index contributed by atoms with van der Waals surface area (Å²) in [4.78, 5) is 34.7. The number of carbonyl (C=O) groups excluding carboxylic acids is 3. The fraction of sp³-hybridized carbons (Fsp3) is 0.545. The Hall–Kier alpha value is -2.06. The monoisotopic (exact) mass is 294 g/mol. The number of nitrogens with one attached hydrogen (secondary N) is 2. The van der Waals surface area contributed by atoms with Crippen LogP contribution in [-0.4, -0.2) is 36.6 Å². The normalized spacial score (nSPS) is 22.6. The highest BCUT2D eigenvalue weighted by Gasteiger charge is 2.68. The Balaban J connectivity index is 3.51. The van der Waals surface area contributed by atoms with E-state index in [1.165, 1.54) is 6.92 Å². The Kier molecular flexibility index (Phi) is 4.11. The SMILES string of the molecule is CCC(=O)N[C@]1(C(F)(F)F)C(=O)NC(C)=C1C(=O)OC. The number of halogens is 3. The number of allylic oxidation sites excluding steroid dienone is 1. The number of amides is 2. The molecule has 1 aliphatic heterocycles. The lowest BCUT2D eigenvalue weighted by Gasteiger charge is -2.31. The van der Waals surface area contributed by atoms with E-state index in [0.717, 1.165) is 14.0 Å². The molecular weight excluding hydrogens is 281 g/mol. The van der Waals surface area contributed by atoms with Crippen molar-refractivity contribution in [1.29, 1.82) is 0 Å². The number of ether oxygens (including phenoxy) is 1. The van der Waals surface area contributed by atoms with Crippen molar-refractivity contribution < 1.29 is 32.3 Å². The van der Waals surface area contributed by atoms with Crippen molar-refractivity contribution in [1.82, 2.24) is 10.6 Å². The molecule has 0 radical (unpaired) electrons. The van der Waals surface area contributed by atoms with Crippen LogP contribution in [-0.2, 0) is 19.1 Å². The van der Waals surface area contributed by atoms with Crippen LogP contribution in [0, 0.1) is 0 Å². The van der Waals surface area contributed by atoms with Gasteiger partial charge in [-0.25, -0.2) is 4.79 Å². The summed E-state index contributed by atoms with van der Waals surface area (Å²) in [5, 5.41) is 3.51. The number of esters is 1. The molecule has 1 aliphatic rings.